The van der Waals surface area contributed by atoms with Crippen LogP contribution in [0, 0.1) is 11.7 Å². The summed E-state index contributed by atoms with van der Waals surface area (Å²) in [5.74, 6) is 0.0596. The molecule has 0 bridgehead atoms. The van der Waals surface area contributed by atoms with Gasteiger partial charge in [-0.3, -0.25) is 9.78 Å². The second-order valence-corrected chi connectivity index (χ2v) is 6.11. The van der Waals surface area contributed by atoms with E-state index in [1.165, 1.54) is 16.8 Å². The smallest absolute Gasteiger partial charge is 0.250 e. The molecule has 0 aromatic carbocycles. The highest BCUT2D eigenvalue weighted by Gasteiger charge is 2.19. The summed E-state index contributed by atoms with van der Waals surface area (Å²) in [5, 5.41) is 3.19. The SMILES string of the molecule is Cn1c(=O)ccc2ncc(F)c(NC[C@H]3CC[C@H](N)CC3)c21. The van der Waals surface area contributed by atoms with Gasteiger partial charge in [-0.05, 0) is 37.7 Å². The molecule has 2 aromatic rings. The minimum atomic E-state index is -0.429. The molecular weight excluding hydrogens is 283 g/mol. The molecule has 1 aliphatic rings. The number of hydrogen-bond donors (Lipinski definition) is 2. The molecule has 3 rings (SSSR count). The minimum absolute atomic E-state index is 0.174. The van der Waals surface area contributed by atoms with Crippen molar-refractivity contribution in [1.29, 1.82) is 0 Å². The third-order valence-electron chi connectivity index (χ3n) is 4.54. The second kappa shape index (κ2) is 6.04. The summed E-state index contributed by atoms with van der Waals surface area (Å²) in [4.78, 5) is 15.9. The average Bonchev–Trinajstić information content (AvgIpc) is 2.52. The second-order valence-electron chi connectivity index (χ2n) is 6.11. The van der Waals surface area contributed by atoms with Crippen LogP contribution in [0.3, 0.4) is 0 Å². The van der Waals surface area contributed by atoms with Crippen LogP contribution in [0.2, 0.25) is 0 Å². The molecule has 1 fully saturated rings. The van der Waals surface area contributed by atoms with Crippen molar-refractivity contribution in [2.24, 2.45) is 18.7 Å². The number of nitrogens with zero attached hydrogens (tertiary/aromatic N) is 2. The number of pyridine rings is 2. The van der Waals surface area contributed by atoms with E-state index in [0.29, 0.717) is 35.2 Å². The molecule has 0 amide bonds. The molecule has 1 aliphatic carbocycles. The normalized spacial score (nSPS) is 22.0. The first kappa shape index (κ1) is 15.0. The van der Waals surface area contributed by atoms with E-state index in [-0.39, 0.29) is 5.56 Å². The average molecular weight is 304 g/mol. The quantitative estimate of drug-likeness (QED) is 0.909. The Balaban J connectivity index is 1.88. The maximum Gasteiger partial charge on any atom is 0.250 e. The topological polar surface area (TPSA) is 72.9 Å². The molecule has 2 heterocycles. The van der Waals surface area contributed by atoms with Gasteiger partial charge in [0.15, 0.2) is 5.82 Å². The van der Waals surface area contributed by atoms with Crippen molar-refractivity contribution >= 4 is 16.7 Å². The van der Waals surface area contributed by atoms with E-state index in [4.69, 9.17) is 5.73 Å². The van der Waals surface area contributed by atoms with Gasteiger partial charge in [0.2, 0.25) is 0 Å². The molecule has 0 spiro atoms. The van der Waals surface area contributed by atoms with Crippen LogP contribution in [-0.2, 0) is 7.05 Å². The molecule has 2 aromatic heterocycles. The van der Waals surface area contributed by atoms with Crippen LogP contribution in [0.1, 0.15) is 25.7 Å². The number of nitrogens with one attached hydrogen (secondary N) is 1. The summed E-state index contributed by atoms with van der Waals surface area (Å²) in [5.41, 5.74) is 7.22. The molecule has 3 N–H and O–H groups in total. The van der Waals surface area contributed by atoms with Crippen LogP contribution < -0.4 is 16.6 Å². The van der Waals surface area contributed by atoms with Crippen LogP contribution >= 0.6 is 0 Å². The highest BCUT2D eigenvalue weighted by molar-refractivity contribution is 5.87. The molecule has 1 saturated carbocycles. The Morgan fingerprint density at radius 3 is 2.82 bits per heavy atom. The zero-order chi connectivity index (χ0) is 15.7. The Labute approximate surface area is 128 Å². The molecule has 0 saturated heterocycles. The minimum Gasteiger partial charge on any atom is -0.381 e. The van der Waals surface area contributed by atoms with Gasteiger partial charge in [-0.15, -0.1) is 0 Å². The maximum atomic E-state index is 14.2. The molecule has 22 heavy (non-hydrogen) atoms. The standard InChI is InChI=1S/C16H21FN4O/c1-21-14(22)7-6-13-16(21)15(12(17)9-19-13)20-8-10-2-4-11(18)5-3-10/h6-7,9-11H,2-5,8,18H2,1H3,(H,19,20)/t10-,11-. The van der Waals surface area contributed by atoms with Gasteiger partial charge in [0.1, 0.15) is 0 Å². The number of fused-ring (bicyclic) bond motifs is 1. The Morgan fingerprint density at radius 1 is 1.36 bits per heavy atom. The molecule has 0 atom stereocenters. The van der Waals surface area contributed by atoms with Crippen LogP contribution in [0.4, 0.5) is 10.1 Å². The fraction of sp³-hybridized carbons (Fsp3) is 0.500. The largest absolute Gasteiger partial charge is 0.381 e. The summed E-state index contributed by atoms with van der Waals surface area (Å²) in [6.45, 7) is 0.686. The van der Waals surface area contributed by atoms with Gasteiger partial charge in [0.05, 0.1) is 22.9 Å². The van der Waals surface area contributed by atoms with Crippen molar-refractivity contribution in [3.63, 3.8) is 0 Å². The predicted molar refractivity (Wildman–Crippen MR) is 85.4 cm³/mol. The van der Waals surface area contributed by atoms with E-state index in [1.807, 2.05) is 0 Å². The summed E-state index contributed by atoms with van der Waals surface area (Å²) in [6, 6.07) is 3.37. The first-order valence-electron chi connectivity index (χ1n) is 7.70. The molecule has 118 valence electrons. The zero-order valence-corrected chi connectivity index (χ0v) is 12.7. The van der Waals surface area contributed by atoms with Crippen molar-refractivity contribution in [2.75, 3.05) is 11.9 Å². The number of aryl methyl sites for hydroxylation is 1. The van der Waals surface area contributed by atoms with Gasteiger partial charge in [0.25, 0.3) is 5.56 Å². The highest BCUT2D eigenvalue weighted by Crippen LogP contribution is 2.27. The summed E-state index contributed by atoms with van der Waals surface area (Å²) < 4.78 is 15.6. The van der Waals surface area contributed by atoms with Gasteiger partial charge in [-0.25, -0.2) is 4.39 Å². The number of anilines is 1. The van der Waals surface area contributed by atoms with Gasteiger partial charge in [-0.1, -0.05) is 0 Å². The van der Waals surface area contributed by atoms with Crippen molar-refractivity contribution in [2.45, 2.75) is 31.7 Å². The van der Waals surface area contributed by atoms with Gasteiger partial charge in [-0.2, -0.15) is 0 Å². The third kappa shape index (κ3) is 2.83. The summed E-state index contributed by atoms with van der Waals surface area (Å²) >= 11 is 0. The molecule has 0 radical (unpaired) electrons. The molecule has 0 unspecified atom stereocenters. The van der Waals surface area contributed by atoms with Crippen molar-refractivity contribution < 1.29 is 4.39 Å². The van der Waals surface area contributed by atoms with Crippen molar-refractivity contribution in [3.05, 3.63) is 34.5 Å². The van der Waals surface area contributed by atoms with Crippen LogP contribution in [0.5, 0.6) is 0 Å². The zero-order valence-electron chi connectivity index (χ0n) is 12.7. The molecular formula is C16H21FN4O. The van der Waals surface area contributed by atoms with E-state index in [9.17, 15) is 9.18 Å². The fourth-order valence-corrected chi connectivity index (χ4v) is 3.13. The molecule has 0 aliphatic heterocycles. The van der Waals surface area contributed by atoms with Gasteiger partial charge in [0, 0.05) is 25.7 Å². The lowest BCUT2D eigenvalue weighted by Gasteiger charge is -2.26. The Hall–Kier alpha value is -1.95. The Kier molecular flexibility index (Phi) is 4.11. The van der Waals surface area contributed by atoms with E-state index in [1.54, 1.807) is 13.1 Å². The van der Waals surface area contributed by atoms with E-state index in [0.717, 1.165) is 25.7 Å². The predicted octanol–water partition coefficient (Wildman–Crippen LogP) is 2.00. The van der Waals surface area contributed by atoms with Crippen molar-refractivity contribution in [3.8, 4) is 0 Å². The summed E-state index contributed by atoms with van der Waals surface area (Å²) in [6.07, 6.45) is 5.34. The first-order chi connectivity index (χ1) is 10.6. The Bertz CT molecular complexity index is 735. The Morgan fingerprint density at radius 2 is 2.09 bits per heavy atom. The third-order valence-corrected chi connectivity index (χ3v) is 4.54. The van der Waals surface area contributed by atoms with E-state index in [2.05, 4.69) is 10.3 Å². The van der Waals surface area contributed by atoms with Crippen LogP contribution in [-0.4, -0.2) is 22.1 Å². The van der Waals surface area contributed by atoms with E-state index >= 15 is 0 Å². The van der Waals surface area contributed by atoms with Gasteiger partial charge < -0.3 is 15.6 Å². The number of rotatable bonds is 3. The molecule has 5 nitrogen and oxygen atoms in total. The number of nitrogens with two attached hydrogens (primary N) is 1. The van der Waals surface area contributed by atoms with E-state index < -0.39 is 5.82 Å². The molecule has 6 heteroatoms. The first-order valence-corrected chi connectivity index (χ1v) is 7.70. The van der Waals surface area contributed by atoms with Crippen LogP contribution in [0.15, 0.2) is 23.1 Å². The van der Waals surface area contributed by atoms with Crippen molar-refractivity contribution in [1.82, 2.24) is 9.55 Å². The van der Waals surface area contributed by atoms with Crippen LogP contribution in [0.25, 0.3) is 11.0 Å². The number of aromatic nitrogens is 2. The summed E-state index contributed by atoms with van der Waals surface area (Å²) in [7, 11) is 1.64. The number of hydrogen-bond acceptors (Lipinski definition) is 4. The monoisotopic (exact) mass is 304 g/mol. The maximum absolute atomic E-state index is 14.2. The highest BCUT2D eigenvalue weighted by atomic mass is 19.1. The fourth-order valence-electron chi connectivity index (χ4n) is 3.13. The lowest BCUT2D eigenvalue weighted by Crippen LogP contribution is -2.29. The number of halogens is 1. The lowest BCUT2D eigenvalue weighted by molar-refractivity contribution is 0.338. The lowest BCUT2D eigenvalue weighted by atomic mass is 9.86. The van der Waals surface area contributed by atoms with Gasteiger partial charge >= 0.3 is 0 Å².